The molecule has 0 heterocycles. The van der Waals surface area contributed by atoms with Gasteiger partial charge < -0.3 is 10.2 Å². The monoisotopic (exact) mass is 414 g/mol. The van der Waals surface area contributed by atoms with Crippen LogP contribution in [0, 0.1) is 35.0 Å². The van der Waals surface area contributed by atoms with E-state index in [1.165, 1.54) is 44.9 Å². The summed E-state index contributed by atoms with van der Waals surface area (Å²) in [7, 11) is 0. The Morgan fingerprint density at radius 1 is 1.10 bits per heavy atom. The molecule has 3 rings (SSSR count). The van der Waals surface area contributed by atoms with E-state index in [0.717, 1.165) is 34.8 Å². The van der Waals surface area contributed by atoms with Crippen LogP contribution in [-0.2, 0) is 0 Å². The fraction of sp³-hybridized carbons (Fsp3) is 0.786. The summed E-state index contributed by atoms with van der Waals surface area (Å²) in [5, 5.41) is 20.2. The maximum Gasteiger partial charge on any atom is 0.0811 e. The second-order valence-corrected chi connectivity index (χ2v) is 11.4. The Hall–Kier alpha value is -0.860. The summed E-state index contributed by atoms with van der Waals surface area (Å²) in [4.78, 5) is 0. The second kappa shape index (κ2) is 9.74. The number of hydrogen-bond donors (Lipinski definition) is 2. The van der Waals surface area contributed by atoms with E-state index in [4.69, 9.17) is 0 Å². The summed E-state index contributed by atoms with van der Waals surface area (Å²) in [5.74, 6) is 3.95. The number of aliphatic hydroxyl groups excluding tert-OH is 2. The van der Waals surface area contributed by atoms with Gasteiger partial charge in [-0.2, -0.15) is 0 Å². The van der Waals surface area contributed by atoms with Crippen molar-refractivity contribution in [2.75, 3.05) is 0 Å². The quantitative estimate of drug-likeness (QED) is 0.500. The molecule has 0 aromatic carbocycles. The fourth-order valence-corrected chi connectivity index (χ4v) is 6.74. The Bertz CT molecular complexity index is 672. The van der Waals surface area contributed by atoms with Crippen LogP contribution in [0.25, 0.3) is 0 Å². The zero-order valence-electron chi connectivity index (χ0n) is 20.2. The molecule has 0 aromatic rings. The maximum absolute atomic E-state index is 10.1. The summed E-state index contributed by atoms with van der Waals surface area (Å²) in [6.45, 7) is 16.3. The summed E-state index contributed by atoms with van der Waals surface area (Å²) in [6.07, 6.45) is 13.8. The van der Waals surface area contributed by atoms with E-state index in [9.17, 15) is 10.2 Å². The minimum atomic E-state index is -0.597. The third-order valence-corrected chi connectivity index (χ3v) is 9.20. The van der Waals surface area contributed by atoms with Crippen molar-refractivity contribution in [2.24, 2.45) is 35.0 Å². The normalized spacial score (nSPS) is 39.5. The predicted molar refractivity (Wildman–Crippen MR) is 127 cm³/mol. The van der Waals surface area contributed by atoms with E-state index < -0.39 is 12.2 Å². The molecule has 0 bridgehead atoms. The molecular formula is C28H46O2. The molecule has 0 radical (unpaired) electrons. The first kappa shape index (κ1) is 23.8. The van der Waals surface area contributed by atoms with Crippen molar-refractivity contribution in [1.82, 2.24) is 0 Å². The number of aliphatic hydroxyl groups is 2. The molecule has 30 heavy (non-hydrogen) atoms. The first-order valence-corrected chi connectivity index (χ1v) is 12.6. The van der Waals surface area contributed by atoms with Gasteiger partial charge in [0.15, 0.2) is 0 Å². The summed E-state index contributed by atoms with van der Waals surface area (Å²) < 4.78 is 0. The minimum absolute atomic E-state index is 0.419. The van der Waals surface area contributed by atoms with Crippen LogP contribution in [0.15, 0.2) is 35.5 Å². The Labute approximate surface area is 185 Å². The Balaban J connectivity index is 1.72. The maximum atomic E-state index is 10.1. The van der Waals surface area contributed by atoms with Gasteiger partial charge in [0.25, 0.3) is 0 Å². The van der Waals surface area contributed by atoms with Crippen LogP contribution in [0.4, 0.5) is 0 Å². The molecule has 0 amide bonds. The molecule has 3 aliphatic rings. The van der Waals surface area contributed by atoms with Crippen LogP contribution < -0.4 is 0 Å². The minimum Gasteiger partial charge on any atom is -0.393 e. The summed E-state index contributed by atoms with van der Waals surface area (Å²) in [5.41, 5.74) is 3.87. The van der Waals surface area contributed by atoms with E-state index in [1.807, 2.05) is 0 Å². The van der Waals surface area contributed by atoms with Gasteiger partial charge in [0, 0.05) is 6.42 Å². The number of rotatable bonds is 6. The smallest absolute Gasteiger partial charge is 0.0811 e. The largest absolute Gasteiger partial charge is 0.393 e. The molecule has 3 aliphatic carbocycles. The molecule has 0 aromatic heterocycles. The van der Waals surface area contributed by atoms with Crippen LogP contribution in [0.3, 0.4) is 0 Å². The molecule has 3 saturated carbocycles. The molecule has 6 unspecified atom stereocenters. The standard InChI is InChI=1S/C28H46O2/c1-18(2)19(3)9-10-20(4)25-13-14-26-22(8-7-15-28(25,26)6)11-12-23-16-24(29)17-27(30)21(23)5/h11-12,18-20,24-27,29-30H,5,7-10,13-17H2,1-4,6H3/t19?,20?,24?,25?,26?,27?,28-/m1/s1. The number of fused-ring (bicyclic) bond motifs is 1. The SMILES string of the molecule is C=C1C(=CC=C2CCC[C@@]3(C)C2CCC3C(C)CCC(C)C(C)C)CC(O)CC1O. The number of hydrogen-bond acceptors (Lipinski definition) is 2. The molecule has 3 fully saturated rings. The first-order valence-electron chi connectivity index (χ1n) is 12.6. The van der Waals surface area contributed by atoms with E-state index >= 15 is 0 Å². The van der Waals surface area contributed by atoms with Gasteiger partial charge in [-0.1, -0.05) is 71.8 Å². The number of allylic oxidation sites excluding steroid dienone is 3. The van der Waals surface area contributed by atoms with Crippen molar-refractivity contribution in [1.29, 1.82) is 0 Å². The third kappa shape index (κ3) is 4.96. The zero-order chi connectivity index (χ0) is 22.1. The van der Waals surface area contributed by atoms with Crippen LogP contribution in [0.2, 0.25) is 0 Å². The lowest BCUT2D eigenvalue weighted by atomic mass is 9.60. The van der Waals surface area contributed by atoms with Gasteiger partial charge in [-0.05, 0) is 84.7 Å². The van der Waals surface area contributed by atoms with Crippen molar-refractivity contribution < 1.29 is 10.2 Å². The van der Waals surface area contributed by atoms with Crippen LogP contribution in [-0.4, -0.2) is 22.4 Å². The van der Waals surface area contributed by atoms with Crippen LogP contribution in [0.5, 0.6) is 0 Å². The van der Waals surface area contributed by atoms with Crippen LogP contribution >= 0.6 is 0 Å². The summed E-state index contributed by atoms with van der Waals surface area (Å²) >= 11 is 0. The molecule has 7 atom stereocenters. The predicted octanol–water partition coefficient (Wildman–Crippen LogP) is 6.84. The average Bonchev–Trinajstić information content (AvgIpc) is 3.04. The van der Waals surface area contributed by atoms with Crippen molar-refractivity contribution in [3.05, 3.63) is 35.5 Å². The van der Waals surface area contributed by atoms with E-state index in [-0.39, 0.29) is 0 Å². The second-order valence-electron chi connectivity index (χ2n) is 11.4. The lowest BCUT2D eigenvalue weighted by Gasteiger charge is -2.44. The Kier molecular flexibility index (Phi) is 7.72. The van der Waals surface area contributed by atoms with Crippen molar-refractivity contribution in [3.63, 3.8) is 0 Å². The highest BCUT2D eigenvalue weighted by atomic mass is 16.3. The molecule has 0 spiro atoms. The molecule has 170 valence electrons. The topological polar surface area (TPSA) is 40.5 Å². The highest BCUT2D eigenvalue weighted by molar-refractivity contribution is 5.38. The third-order valence-electron chi connectivity index (χ3n) is 9.20. The van der Waals surface area contributed by atoms with Gasteiger partial charge in [0.2, 0.25) is 0 Å². The average molecular weight is 415 g/mol. The van der Waals surface area contributed by atoms with Crippen molar-refractivity contribution in [2.45, 2.75) is 105 Å². The Morgan fingerprint density at radius 2 is 1.83 bits per heavy atom. The van der Waals surface area contributed by atoms with Crippen molar-refractivity contribution >= 4 is 0 Å². The van der Waals surface area contributed by atoms with Gasteiger partial charge in [-0.15, -0.1) is 0 Å². The summed E-state index contributed by atoms with van der Waals surface area (Å²) in [6, 6.07) is 0. The van der Waals surface area contributed by atoms with Crippen molar-refractivity contribution in [3.8, 4) is 0 Å². The van der Waals surface area contributed by atoms with Gasteiger partial charge in [0.1, 0.15) is 0 Å². The van der Waals surface area contributed by atoms with Gasteiger partial charge in [0.05, 0.1) is 12.2 Å². The molecule has 2 nitrogen and oxygen atoms in total. The molecule has 0 aliphatic heterocycles. The molecule has 2 heteroatoms. The highest BCUT2D eigenvalue weighted by Gasteiger charge is 2.50. The van der Waals surface area contributed by atoms with Gasteiger partial charge in [-0.3, -0.25) is 0 Å². The zero-order valence-corrected chi connectivity index (χ0v) is 20.2. The Morgan fingerprint density at radius 3 is 2.53 bits per heavy atom. The molecule has 2 N–H and O–H groups in total. The molecule has 0 saturated heterocycles. The van der Waals surface area contributed by atoms with Gasteiger partial charge in [-0.25, -0.2) is 0 Å². The van der Waals surface area contributed by atoms with E-state index in [0.29, 0.717) is 24.2 Å². The van der Waals surface area contributed by atoms with Crippen LogP contribution in [0.1, 0.15) is 92.4 Å². The lowest BCUT2D eigenvalue weighted by molar-refractivity contribution is 0.0861. The highest BCUT2D eigenvalue weighted by Crippen LogP contribution is 2.60. The van der Waals surface area contributed by atoms with E-state index in [2.05, 4.69) is 53.3 Å². The lowest BCUT2D eigenvalue weighted by Crippen LogP contribution is -2.36. The van der Waals surface area contributed by atoms with Gasteiger partial charge >= 0.3 is 0 Å². The first-order chi connectivity index (χ1) is 14.1. The fourth-order valence-electron chi connectivity index (χ4n) is 6.74. The molecular weight excluding hydrogens is 368 g/mol. The van der Waals surface area contributed by atoms with E-state index in [1.54, 1.807) is 5.57 Å².